The van der Waals surface area contributed by atoms with Gasteiger partial charge in [-0.3, -0.25) is 9.59 Å². The summed E-state index contributed by atoms with van der Waals surface area (Å²) in [6, 6.07) is 10.2. The van der Waals surface area contributed by atoms with E-state index in [2.05, 4.69) is 12.7 Å². The van der Waals surface area contributed by atoms with Gasteiger partial charge in [0.1, 0.15) is 35.6 Å². The highest BCUT2D eigenvalue weighted by molar-refractivity contribution is 6.03. The van der Waals surface area contributed by atoms with Crippen molar-refractivity contribution in [2.45, 2.75) is 82.5 Å². The molecule has 3 N–H and O–H groups in total. The molecule has 316 valence electrons. The van der Waals surface area contributed by atoms with Gasteiger partial charge in [-0.1, -0.05) is 30.1 Å². The summed E-state index contributed by atoms with van der Waals surface area (Å²) in [4.78, 5) is 34.0. The highest BCUT2D eigenvalue weighted by Gasteiger charge is 2.65. The lowest BCUT2D eigenvalue weighted by atomic mass is 9.55. The van der Waals surface area contributed by atoms with Crippen LogP contribution in [0.5, 0.6) is 23.0 Å². The molecule has 2 aromatic rings. The number of unbranched alkanes of at least 4 members (excludes halogenated alkanes) is 2. The fraction of sp³-hybridized carbons (Fsp3) is 0.578. The third-order valence-corrected chi connectivity index (χ3v) is 11.8. The number of aliphatic hydroxyl groups is 3. The van der Waals surface area contributed by atoms with Crippen LogP contribution in [0, 0.1) is 23.7 Å². The number of nitrogens with zero attached hydrogens (tertiary/aromatic N) is 2. The molecular weight excluding hydrogens is 744 g/mol. The summed E-state index contributed by atoms with van der Waals surface area (Å²) in [5, 5.41) is 34.0. The van der Waals surface area contributed by atoms with Crippen molar-refractivity contribution in [3.63, 3.8) is 0 Å². The number of methoxy groups -OCH3 is 1. The number of amides is 1. The summed E-state index contributed by atoms with van der Waals surface area (Å²) in [5.41, 5.74) is 2.96. The number of hydrogen-bond acceptors (Lipinski definition) is 12. The number of fused-ring (bicyclic) bond motifs is 2. The number of allylic oxidation sites excluding steroid dienone is 1. The first-order valence-electron chi connectivity index (χ1n) is 20.9. The lowest BCUT2D eigenvalue weighted by molar-refractivity contribution is -0.258. The number of carbonyl (C=O) groups excluding carboxylic acids is 2. The minimum Gasteiger partial charge on any atom is -0.496 e. The van der Waals surface area contributed by atoms with Crippen molar-refractivity contribution in [1.29, 1.82) is 0 Å². The van der Waals surface area contributed by atoms with E-state index >= 15 is 0 Å². The third-order valence-electron chi connectivity index (χ3n) is 11.8. The number of benzene rings is 2. The molecule has 1 amide bonds. The molecule has 4 aliphatic rings. The molecule has 13 heteroatoms. The van der Waals surface area contributed by atoms with Crippen LogP contribution in [0.2, 0.25) is 0 Å². The van der Waals surface area contributed by atoms with Gasteiger partial charge < -0.3 is 48.7 Å². The van der Waals surface area contributed by atoms with Crippen LogP contribution in [-0.2, 0) is 19.1 Å². The highest BCUT2D eigenvalue weighted by atomic mass is 16.7. The number of aliphatic hydroxyl groups excluding tert-OH is 3. The number of rotatable bonds is 24. The van der Waals surface area contributed by atoms with Crippen molar-refractivity contribution >= 4 is 17.9 Å². The average Bonchev–Trinajstić information content (AvgIpc) is 4.10. The summed E-state index contributed by atoms with van der Waals surface area (Å²) in [6.45, 7) is 7.07. The Hall–Kier alpha value is -4.27. The van der Waals surface area contributed by atoms with Crippen LogP contribution in [0.3, 0.4) is 0 Å². The molecule has 2 fully saturated rings. The minimum atomic E-state index is -1.38. The Kier molecular flexibility index (Phi) is 15.4. The summed E-state index contributed by atoms with van der Waals surface area (Å²) in [7, 11) is 1.51. The van der Waals surface area contributed by atoms with Gasteiger partial charge in [0.05, 0.1) is 50.7 Å². The second-order valence-electron chi connectivity index (χ2n) is 15.5. The van der Waals surface area contributed by atoms with Crippen LogP contribution in [-0.4, -0.2) is 110 Å². The molecular formula is C45H60N2O11. The lowest BCUT2D eigenvalue weighted by Gasteiger charge is -2.60. The minimum absolute atomic E-state index is 0.00318. The Labute approximate surface area is 341 Å². The predicted molar refractivity (Wildman–Crippen MR) is 217 cm³/mol. The maximum Gasteiger partial charge on any atom is 0.239 e. The van der Waals surface area contributed by atoms with E-state index in [1.807, 2.05) is 30.0 Å². The van der Waals surface area contributed by atoms with E-state index in [0.717, 1.165) is 61.7 Å². The van der Waals surface area contributed by atoms with Gasteiger partial charge in [-0.05, 0) is 99.3 Å². The summed E-state index contributed by atoms with van der Waals surface area (Å²) in [5.74, 6) is 0.00186. The van der Waals surface area contributed by atoms with Gasteiger partial charge in [-0.15, -0.1) is 6.58 Å². The molecule has 0 spiro atoms. The molecule has 2 saturated carbocycles. The Morgan fingerprint density at radius 3 is 2.47 bits per heavy atom. The fourth-order valence-corrected chi connectivity index (χ4v) is 9.17. The molecule has 0 aromatic heterocycles. The van der Waals surface area contributed by atoms with Crippen molar-refractivity contribution in [2.75, 3.05) is 59.9 Å². The summed E-state index contributed by atoms with van der Waals surface area (Å²) >= 11 is 0. The van der Waals surface area contributed by atoms with E-state index in [9.17, 15) is 24.9 Å². The van der Waals surface area contributed by atoms with Crippen LogP contribution in [0.15, 0.2) is 65.9 Å². The van der Waals surface area contributed by atoms with Crippen LogP contribution >= 0.6 is 0 Å². The van der Waals surface area contributed by atoms with Gasteiger partial charge in [-0.25, -0.2) is 0 Å². The third kappa shape index (κ3) is 9.44. The standard InChI is InChI=1S/C45H60N2O11/c1-4-22-55-45-41(47(18-23-54-24-21-50)44(52)30-12-13-30)28-38(46-56-5-2)36-26-31(10-6-8-19-48)35(11-7-9-20-49)42(43(36)45)37-27-34(15-17-40(37)58-45)57-33-14-16-39(53-3)32(25-33)29-51/h4,14-17,25-27,29-31,35,41-43,48-50H,1,5-13,18-24,28H2,2-3H3/t31-,35+,41-,42+,43+,45+/m0/s1. The van der Waals surface area contributed by atoms with Crippen LogP contribution < -0.4 is 14.2 Å². The molecule has 0 bridgehead atoms. The van der Waals surface area contributed by atoms with Crippen molar-refractivity contribution in [3.05, 3.63) is 71.8 Å². The summed E-state index contributed by atoms with van der Waals surface area (Å²) in [6.07, 6.45) is 11.2. The van der Waals surface area contributed by atoms with E-state index in [-0.39, 0.29) is 75.8 Å². The van der Waals surface area contributed by atoms with E-state index in [1.54, 1.807) is 24.3 Å². The quantitative estimate of drug-likeness (QED) is 0.0479. The summed E-state index contributed by atoms with van der Waals surface area (Å²) < 4.78 is 31.9. The van der Waals surface area contributed by atoms with Crippen molar-refractivity contribution in [1.82, 2.24) is 4.90 Å². The van der Waals surface area contributed by atoms with Crippen molar-refractivity contribution in [3.8, 4) is 23.0 Å². The van der Waals surface area contributed by atoms with Crippen molar-refractivity contribution in [2.24, 2.45) is 28.8 Å². The second kappa shape index (κ2) is 20.6. The number of aldehydes is 1. The zero-order chi connectivity index (χ0) is 41.1. The van der Waals surface area contributed by atoms with E-state index < -0.39 is 17.7 Å². The first-order valence-corrected chi connectivity index (χ1v) is 20.9. The van der Waals surface area contributed by atoms with Gasteiger partial charge in [0, 0.05) is 43.6 Å². The van der Waals surface area contributed by atoms with Crippen LogP contribution in [0.25, 0.3) is 0 Å². The zero-order valence-corrected chi connectivity index (χ0v) is 33.9. The monoisotopic (exact) mass is 804 g/mol. The molecule has 1 aliphatic heterocycles. The molecule has 0 radical (unpaired) electrons. The van der Waals surface area contributed by atoms with Gasteiger partial charge in [0.2, 0.25) is 11.7 Å². The molecule has 0 saturated heterocycles. The zero-order valence-electron chi connectivity index (χ0n) is 33.9. The number of hydrogen-bond donors (Lipinski definition) is 3. The molecule has 0 unspecified atom stereocenters. The topological polar surface area (TPSA) is 166 Å². The SMILES string of the molecule is C=CCO[C@@]12Oc3ccc(Oc4ccc(OC)c(C=O)c4)cc3[C@H]3[C@H](CCCCO)[C@@H](CCCCO)C=C(C(=NOCC)C[C@@H]1N(CCOCCO)C(=O)C1CC1)[C@H]32. The maximum absolute atomic E-state index is 14.4. The van der Waals surface area contributed by atoms with Crippen LogP contribution in [0.1, 0.15) is 86.6 Å². The molecule has 3 aliphatic carbocycles. The molecule has 1 heterocycles. The molecule has 6 rings (SSSR count). The number of ether oxygens (including phenoxy) is 5. The Morgan fingerprint density at radius 2 is 1.78 bits per heavy atom. The normalized spacial score (nSPS) is 25.2. The molecule has 6 atom stereocenters. The fourth-order valence-electron chi connectivity index (χ4n) is 9.17. The second-order valence-corrected chi connectivity index (χ2v) is 15.5. The number of oxime groups is 1. The van der Waals surface area contributed by atoms with E-state index in [1.165, 1.54) is 7.11 Å². The Bertz CT molecular complexity index is 1780. The van der Waals surface area contributed by atoms with E-state index in [0.29, 0.717) is 54.4 Å². The van der Waals surface area contributed by atoms with Gasteiger partial charge in [0.25, 0.3) is 0 Å². The van der Waals surface area contributed by atoms with E-state index in [4.69, 9.17) is 33.7 Å². The number of carbonyl (C=O) groups is 2. The molecule has 2 aromatic carbocycles. The van der Waals surface area contributed by atoms with Gasteiger partial charge >= 0.3 is 0 Å². The first kappa shape index (κ1) is 43.3. The molecule has 13 nitrogen and oxygen atoms in total. The van der Waals surface area contributed by atoms with Gasteiger partial charge in [-0.2, -0.15) is 0 Å². The first-order chi connectivity index (χ1) is 28.4. The van der Waals surface area contributed by atoms with Gasteiger partial charge in [0.15, 0.2) is 6.29 Å². The average molecular weight is 805 g/mol. The largest absolute Gasteiger partial charge is 0.496 e. The smallest absolute Gasteiger partial charge is 0.239 e. The highest BCUT2D eigenvalue weighted by Crippen LogP contribution is 2.62. The Morgan fingerprint density at radius 1 is 1.02 bits per heavy atom. The Balaban J connectivity index is 1.56. The molecule has 58 heavy (non-hydrogen) atoms. The lowest BCUT2D eigenvalue weighted by Crippen LogP contribution is -2.70. The van der Waals surface area contributed by atoms with Crippen molar-refractivity contribution < 1.29 is 53.4 Å². The van der Waals surface area contributed by atoms with Crippen LogP contribution in [0.4, 0.5) is 0 Å². The predicted octanol–water partition coefficient (Wildman–Crippen LogP) is 6.20. The maximum atomic E-state index is 14.4.